The Kier molecular flexibility index (Phi) is 5.45. The van der Waals surface area contributed by atoms with Crippen molar-refractivity contribution < 1.29 is 4.79 Å². The Morgan fingerprint density at radius 3 is 2.60 bits per heavy atom. The maximum absolute atomic E-state index is 12.0. The van der Waals surface area contributed by atoms with E-state index >= 15 is 0 Å². The maximum atomic E-state index is 12.0. The van der Waals surface area contributed by atoms with E-state index in [4.69, 9.17) is 0 Å². The third-order valence-electron chi connectivity index (χ3n) is 3.99. The number of carbonyl (C=O) groups is 1. The van der Waals surface area contributed by atoms with E-state index in [1.807, 2.05) is 18.2 Å². The van der Waals surface area contributed by atoms with Crippen LogP contribution in [0.1, 0.15) is 57.4 Å². The van der Waals surface area contributed by atoms with E-state index in [0.29, 0.717) is 18.5 Å². The number of carbonyl (C=O) groups excluding carboxylic acids is 1. The summed E-state index contributed by atoms with van der Waals surface area (Å²) in [6, 6.07) is 8.60. The van der Waals surface area contributed by atoms with Crippen molar-refractivity contribution in [2.75, 3.05) is 11.9 Å². The van der Waals surface area contributed by atoms with Gasteiger partial charge in [0.25, 0.3) is 0 Å². The van der Waals surface area contributed by atoms with E-state index in [1.165, 1.54) is 24.8 Å². The van der Waals surface area contributed by atoms with Gasteiger partial charge < -0.3 is 10.6 Å². The van der Waals surface area contributed by atoms with Crippen LogP contribution in [0, 0.1) is 0 Å². The van der Waals surface area contributed by atoms with E-state index in [0.717, 1.165) is 18.5 Å². The quantitative estimate of drug-likeness (QED) is 0.860. The lowest BCUT2D eigenvalue weighted by Crippen LogP contribution is -2.39. The predicted octanol–water partition coefficient (Wildman–Crippen LogP) is 3.67. The SMILES string of the molecule is CC(C)c1ccccc1NCC(=O)NC1CCCCC1. The minimum Gasteiger partial charge on any atom is -0.376 e. The minimum atomic E-state index is 0.107. The molecule has 0 spiro atoms. The average molecular weight is 274 g/mol. The lowest BCUT2D eigenvalue weighted by molar-refractivity contribution is -0.120. The summed E-state index contributed by atoms with van der Waals surface area (Å²) in [5.41, 5.74) is 2.33. The molecule has 1 fully saturated rings. The van der Waals surface area contributed by atoms with E-state index in [-0.39, 0.29) is 5.91 Å². The molecule has 1 aromatic rings. The van der Waals surface area contributed by atoms with Gasteiger partial charge in [-0.3, -0.25) is 4.79 Å². The Hall–Kier alpha value is -1.51. The van der Waals surface area contributed by atoms with Crippen molar-refractivity contribution in [1.82, 2.24) is 5.32 Å². The van der Waals surface area contributed by atoms with Crippen LogP contribution in [-0.2, 0) is 4.79 Å². The molecule has 1 aromatic carbocycles. The van der Waals surface area contributed by atoms with Crippen molar-refractivity contribution in [3.63, 3.8) is 0 Å². The summed E-state index contributed by atoms with van der Waals surface area (Å²) < 4.78 is 0. The van der Waals surface area contributed by atoms with E-state index in [2.05, 4.69) is 30.5 Å². The van der Waals surface area contributed by atoms with Crippen LogP contribution >= 0.6 is 0 Å². The highest BCUT2D eigenvalue weighted by Gasteiger charge is 2.15. The summed E-state index contributed by atoms with van der Waals surface area (Å²) in [5, 5.41) is 6.41. The number of benzene rings is 1. The van der Waals surface area contributed by atoms with Gasteiger partial charge in [0.1, 0.15) is 0 Å². The lowest BCUT2D eigenvalue weighted by Gasteiger charge is -2.23. The van der Waals surface area contributed by atoms with Crippen LogP contribution in [0.15, 0.2) is 24.3 Å². The second-order valence-electron chi connectivity index (χ2n) is 6.00. The molecular weight excluding hydrogens is 248 g/mol. The Bertz CT molecular complexity index is 436. The lowest BCUT2D eigenvalue weighted by atomic mass is 9.95. The summed E-state index contributed by atoms with van der Waals surface area (Å²) in [4.78, 5) is 12.0. The number of amides is 1. The number of anilines is 1. The first kappa shape index (κ1) is 14.9. The van der Waals surface area contributed by atoms with Gasteiger partial charge in [0, 0.05) is 11.7 Å². The van der Waals surface area contributed by atoms with E-state index in [9.17, 15) is 4.79 Å². The first-order chi connectivity index (χ1) is 9.66. The number of hydrogen-bond donors (Lipinski definition) is 2. The van der Waals surface area contributed by atoms with Gasteiger partial charge >= 0.3 is 0 Å². The molecule has 0 saturated heterocycles. The smallest absolute Gasteiger partial charge is 0.239 e. The van der Waals surface area contributed by atoms with Crippen LogP contribution < -0.4 is 10.6 Å². The van der Waals surface area contributed by atoms with E-state index in [1.54, 1.807) is 0 Å². The number of rotatable bonds is 5. The number of hydrogen-bond acceptors (Lipinski definition) is 2. The Morgan fingerprint density at radius 1 is 1.20 bits per heavy atom. The highest BCUT2D eigenvalue weighted by Crippen LogP contribution is 2.23. The molecule has 3 nitrogen and oxygen atoms in total. The number of nitrogens with one attached hydrogen (secondary N) is 2. The second-order valence-corrected chi connectivity index (χ2v) is 6.00. The third-order valence-corrected chi connectivity index (χ3v) is 3.99. The zero-order chi connectivity index (χ0) is 14.4. The Labute approximate surface area is 122 Å². The monoisotopic (exact) mass is 274 g/mol. The highest BCUT2D eigenvalue weighted by atomic mass is 16.1. The molecule has 0 aromatic heterocycles. The molecule has 1 amide bonds. The van der Waals surface area contributed by atoms with Gasteiger partial charge in [0.2, 0.25) is 5.91 Å². The molecule has 2 N–H and O–H groups in total. The van der Waals surface area contributed by atoms with Crippen molar-refractivity contribution >= 4 is 11.6 Å². The normalized spacial score (nSPS) is 16.1. The molecule has 0 atom stereocenters. The van der Waals surface area contributed by atoms with Crippen molar-refractivity contribution in [3.05, 3.63) is 29.8 Å². The standard InChI is InChI=1S/C17H26N2O/c1-13(2)15-10-6-7-11-16(15)18-12-17(20)19-14-8-4-3-5-9-14/h6-7,10-11,13-14,18H,3-5,8-9,12H2,1-2H3,(H,19,20). The van der Waals surface area contributed by atoms with Crippen molar-refractivity contribution in [1.29, 1.82) is 0 Å². The molecule has 1 aliphatic carbocycles. The van der Waals surface area contributed by atoms with Gasteiger partial charge in [0.15, 0.2) is 0 Å². The van der Waals surface area contributed by atoms with Gasteiger partial charge in [-0.25, -0.2) is 0 Å². The molecule has 110 valence electrons. The molecule has 0 bridgehead atoms. The first-order valence-electron chi connectivity index (χ1n) is 7.79. The zero-order valence-corrected chi connectivity index (χ0v) is 12.6. The number of para-hydroxylation sites is 1. The summed E-state index contributed by atoms with van der Waals surface area (Å²) >= 11 is 0. The summed E-state index contributed by atoms with van der Waals surface area (Å²) in [6.07, 6.45) is 6.07. The Morgan fingerprint density at radius 2 is 1.90 bits per heavy atom. The second kappa shape index (κ2) is 7.32. The van der Waals surface area contributed by atoms with Crippen molar-refractivity contribution in [3.8, 4) is 0 Å². The van der Waals surface area contributed by atoms with Gasteiger partial charge in [-0.2, -0.15) is 0 Å². The molecule has 20 heavy (non-hydrogen) atoms. The highest BCUT2D eigenvalue weighted by molar-refractivity contribution is 5.81. The first-order valence-corrected chi connectivity index (χ1v) is 7.79. The fraction of sp³-hybridized carbons (Fsp3) is 0.588. The van der Waals surface area contributed by atoms with Crippen LogP contribution in [-0.4, -0.2) is 18.5 Å². The molecule has 0 radical (unpaired) electrons. The average Bonchev–Trinajstić information content (AvgIpc) is 2.46. The molecule has 2 rings (SSSR count). The van der Waals surface area contributed by atoms with Crippen LogP contribution in [0.5, 0.6) is 0 Å². The molecule has 1 aliphatic rings. The fourth-order valence-corrected chi connectivity index (χ4v) is 2.86. The maximum Gasteiger partial charge on any atom is 0.239 e. The van der Waals surface area contributed by atoms with Gasteiger partial charge in [-0.1, -0.05) is 51.3 Å². The molecule has 0 aliphatic heterocycles. The third kappa shape index (κ3) is 4.26. The summed E-state index contributed by atoms with van der Waals surface area (Å²) in [7, 11) is 0. The van der Waals surface area contributed by atoms with Crippen LogP contribution in [0.25, 0.3) is 0 Å². The summed E-state index contributed by atoms with van der Waals surface area (Å²) in [5.74, 6) is 0.565. The molecule has 1 saturated carbocycles. The molecular formula is C17H26N2O. The molecule has 0 unspecified atom stereocenters. The van der Waals surface area contributed by atoms with Crippen molar-refractivity contribution in [2.45, 2.75) is 57.9 Å². The van der Waals surface area contributed by atoms with Crippen LogP contribution in [0.3, 0.4) is 0 Å². The fourth-order valence-electron chi connectivity index (χ4n) is 2.86. The van der Waals surface area contributed by atoms with Gasteiger partial charge in [0.05, 0.1) is 6.54 Å². The predicted molar refractivity (Wildman–Crippen MR) is 84.0 cm³/mol. The van der Waals surface area contributed by atoms with E-state index < -0.39 is 0 Å². The Balaban J connectivity index is 1.83. The van der Waals surface area contributed by atoms with Crippen LogP contribution in [0.2, 0.25) is 0 Å². The molecule has 3 heteroatoms. The zero-order valence-electron chi connectivity index (χ0n) is 12.6. The van der Waals surface area contributed by atoms with Crippen molar-refractivity contribution in [2.24, 2.45) is 0 Å². The largest absolute Gasteiger partial charge is 0.376 e. The summed E-state index contributed by atoms with van der Waals surface area (Å²) in [6.45, 7) is 4.70. The minimum absolute atomic E-state index is 0.107. The van der Waals surface area contributed by atoms with Crippen LogP contribution in [0.4, 0.5) is 5.69 Å². The van der Waals surface area contributed by atoms with Gasteiger partial charge in [-0.05, 0) is 30.4 Å². The topological polar surface area (TPSA) is 41.1 Å². The van der Waals surface area contributed by atoms with Gasteiger partial charge in [-0.15, -0.1) is 0 Å². The molecule has 0 heterocycles.